The van der Waals surface area contributed by atoms with E-state index in [1.54, 1.807) is 12.1 Å². The first kappa shape index (κ1) is 16.4. The van der Waals surface area contributed by atoms with E-state index >= 15 is 0 Å². The summed E-state index contributed by atoms with van der Waals surface area (Å²) in [7, 11) is -3.41. The Kier molecular flexibility index (Phi) is 5.44. The van der Waals surface area contributed by atoms with E-state index in [2.05, 4.69) is 11.6 Å². The third kappa shape index (κ3) is 5.07. The van der Waals surface area contributed by atoms with E-state index in [-0.39, 0.29) is 12.4 Å². The summed E-state index contributed by atoms with van der Waals surface area (Å²) < 4.78 is 32.1. The largest absolute Gasteiger partial charge is 0.492 e. The summed E-state index contributed by atoms with van der Waals surface area (Å²) in [5, 5.41) is 0. The highest BCUT2D eigenvalue weighted by Crippen LogP contribution is 2.14. The second kappa shape index (κ2) is 7.31. The van der Waals surface area contributed by atoms with Crippen LogP contribution in [-0.4, -0.2) is 20.8 Å². The monoisotopic (exact) mass is 319 g/mol. The van der Waals surface area contributed by atoms with Crippen LogP contribution in [0.2, 0.25) is 0 Å². The minimum atomic E-state index is -3.41. The molecule has 2 aromatic carbocycles. The number of sulfonamides is 1. The molecule has 0 aliphatic carbocycles. The minimum Gasteiger partial charge on any atom is -0.492 e. The van der Waals surface area contributed by atoms with Crippen LogP contribution in [0.5, 0.6) is 5.75 Å². The number of ether oxygens (including phenoxy) is 1. The van der Waals surface area contributed by atoms with E-state index in [4.69, 9.17) is 4.74 Å². The number of benzene rings is 2. The first-order chi connectivity index (χ1) is 10.5. The van der Waals surface area contributed by atoms with Gasteiger partial charge in [-0.05, 0) is 48.7 Å². The summed E-state index contributed by atoms with van der Waals surface area (Å²) in [5.74, 6) is 0.596. The van der Waals surface area contributed by atoms with E-state index in [1.165, 1.54) is 5.56 Å². The number of nitrogens with one attached hydrogen (secondary N) is 1. The van der Waals surface area contributed by atoms with Crippen molar-refractivity contribution in [1.82, 2.24) is 0 Å². The van der Waals surface area contributed by atoms with Crippen LogP contribution in [0.4, 0.5) is 5.69 Å². The SMILES string of the molecule is CCc1ccc(OCCS(=O)(=O)Nc2cccc(C)c2)cc1. The van der Waals surface area contributed by atoms with Gasteiger partial charge in [0.05, 0.1) is 0 Å². The van der Waals surface area contributed by atoms with Crippen molar-refractivity contribution in [3.05, 3.63) is 59.7 Å². The molecule has 0 fully saturated rings. The Labute approximate surface area is 132 Å². The highest BCUT2D eigenvalue weighted by molar-refractivity contribution is 7.92. The van der Waals surface area contributed by atoms with Gasteiger partial charge >= 0.3 is 0 Å². The Morgan fingerprint density at radius 2 is 1.82 bits per heavy atom. The van der Waals surface area contributed by atoms with E-state index in [9.17, 15) is 8.42 Å². The number of hydrogen-bond donors (Lipinski definition) is 1. The fraction of sp³-hybridized carbons (Fsp3) is 0.294. The van der Waals surface area contributed by atoms with Crippen LogP contribution < -0.4 is 9.46 Å². The fourth-order valence-corrected chi connectivity index (χ4v) is 2.92. The number of aryl methyl sites for hydroxylation is 2. The third-order valence-corrected chi connectivity index (χ3v) is 4.49. The van der Waals surface area contributed by atoms with Crippen LogP contribution in [0.25, 0.3) is 0 Å². The first-order valence-electron chi connectivity index (χ1n) is 7.27. The van der Waals surface area contributed by atoms with Gasteiger partial charge in [0.1, 0.15) is 18.1 Å². The second-order valence-corrected chi connectivity index (χ2v) is 6.98. The molecule has 0 saturated heterocycles. The molecule has 0 aliphatic rings. The van der Waals surface area contributed by atoms with Gasteiger partial charge in [-0.3, -0.25) is 4.72 Å². The van der Waals surface area contributed by atoms with Gasteiger partial charge in [-0.15, -0.1) is 0 Å². The molecule has 0 amide bonds. The van der Waals surface area contributed by atoms with Crippen molar-refractivity contribution < 1.29 is 13.2 Å². The third-order valence-electron chi connectivity index (χ3n) is 3.24. The topological polar surface area (TPSA) is 55.4 Å². The fourth-order valence-electron chi connectivity index (χ4n) is 2.03. The predicted molar refractivity (Wildman–Crippen MR) is 89.9 cm³/mol. The molecule has 0 saturated carbocycles. The lowest BCUT2D eigenvalue weighted by atomic mass is 10.2. The van der Waals surface area contributed by atoms with Gasteiger partial charge in [-0.25, -0.2) is 8.42 Å². The maximum Gasteiger partial charge on any atom is 0.236 e. The standard InChI is InChI=1S/C17H21NO3S/c1-3-15-7-9-17(10-8-15)21-11-12-22(19,20)18-16-6-4-5-14(2)13-16/h4-10,13,18H,3,11-12H2,1-2H3. The molecule has 1 N–H and O–H groups in total. The maximum absolute atomic E-state index is 12.0. The number of anilines is 1. The average Bonchev–Trinajstić information content (AvgIpc) is 2.47. The molecule has 2 aromatic rings. The zero-order chi connectivity index (χ0) is 16.0. The van der Waals surface area contributed by atoms with Crippen LogP contribution in [0.1, 0.15) is 18.1 Å². The summed E-state index contributed by atoms with van der Waals surface area (Å²) in [6.07, 6.45) is 0.967. The number of hydrogen-bond acceptors (Lipinski definition) is 3. The molecule has 22 heavy (non-hydrogen) atoms. The summed E-state index contributed by atoms with van der Waals surface area (Å²) >= 11 is 0. The molecule has 0 atom stereocenters. The molecule has 0 aromatic heterocycles. The highest BCUT2D eigenvalue weighted by Gasteiger charge is 2.10. The maximum atomic E-state index is 12.0. The second-order valence-electron chi connectivity index (χ2n) is 5.14. The lowest BCUT2D eigenvalue weighted by Gasteiger charge is -2.10. The molecule has 0 radical (unpaired) electrons. The lowest BCUT2D eigenvalue weighted by Crippen LogP contribution is -2.21. The van der Waals surface area contributed by atoms with Gasteiger partial charge in [0.2, 0.25) is 10.0 Å². The summed E-state index contributed by atoms with van der Waals surface area (Å²) in [4.78, 5) is 0. The summed E-state index contributed by atoms with van der Waals surface area (Å²) in [5.41, 5.74) is 2.81. The molecule has 5 heteroatoms. The lowest BCUT2D eigenvalue weighted by molar-refractivity contribution is 0.341. The van der Waals surface area contributed by atoms with Crippen molar-refractivity contribution in [2.24, 2.45) is 0 Å². The zero-order valence-electron chi connectivity index (χ0n) is 12.9. The Morgan fingerprint density at radius 1 is 1.09 bits per heavy atom. The Bertz CT molecular complexity index is 709. The molecular formula is C17H21NO3S. The van der Waals surface area contributed by atoms with E-state index in [0.717, 1.165) is 12.0 Å². The van der Waals surface area contributed by atoms with Gasteiger partial charge in [0, 0.05) is 5.69 Å². The summed E-state index contributed by atoms with van der Waals surface area (Å²) in [6.45, 7) is 4.12. The molecule has 0 aliphatic heterocycles. The Hall–Kier alpha value is -2.01. The van der Waals surface area contributed by atoms with Crippen LogP contribution in [0, 0.1) is 6.92 Å². The minimum absolute atomic E-state index is 0.0868. The van der Waals surface area contributed by atoms with E-state index in [1.807, 2.05) is 43.3 Å². The van der Waals surface area contributed by atoms with Crippen LogP contribution >= 0.6 is 0 Å². The smallest absolute Gasteiger partial charge is 0.236 e. The molecule has 0 bridgehead atoms. The Balaban J connectivity index is 1.86. The summed E-state index contributed by atoms with van der Waals surface area (Å²) in [6, 6.07) is 14.9. The van der Waals surface area contributed by atoms with Crippen molar-refractivity contribution in [2.75, 3.05) is 17.1 Å². The van der Waals surface area contributed by atoms with Gasteiger partial charge in [-0.1, -0.05) is 31.2 Å². The van der Waals surface area contributed by atoms with Gasteiger partial charge in [0.25, 0.3) is 0 Å². The van der Waals surface area contributed by atoms with Crippen molar-refractivity contribution in [3.8, 4) is 5.75 Å². The normalized spacial score (nSPS) is 11.2. The molecule has 118 valence electrons. The average molecular weight is 319 g/mol. The van der Waals surface area contributed by atoms with Crippen LogP contribution in [0.15, 0.2) is 48.5 Å². The molecular weight excluding hydrogens is 298 g/mol. The van der Waals surface area contributed by atoms with Crippen molar-refractivity contribution >= 4 is 15.7 Å². The van der Waals surface area contributed by atoms with Gasteiger partial charge < -0.3 is 4.74 Å². The predicted octanol–water partition coefficient (Wildman–Crippen LogP) is 3.38. The Morgan fingerprint density at radius 3 is 2.45 bits per heavy atom. The van der Waals surface area contributed by atoms with Crippen molar-refractivity contribution in [3.63, 3.8) is 0 Å². The highest BCUT2D eigenvalue weighted by atomic mass is 32.2. The van der Waals surface area contributed by atoms with Crippen molar-refractivity contribution in [1.29, 1.82) is 0 Å². The first-order valence-corrected chi connectivity index (χ1v) is 8.92. The zero-order valence-corrected chi connectivity index (χ0v) is 13.7. The molecule has 0 heterocycles. The van der Waals surface area contributed by atoms with Crippen LogP contribution in [0.3, 0.4) is 0 Å². The molecule has 2 rings (SSSR count). The van der Waals surface area contributed by atoms with Gasteiger partial charge in [0.15, 0.2) is 0 Å². The van der Waals surface area contributed by atoms with Crippen molar-refractivity contribution in [2.45, 2.75) is 20.3 Å². The number of rotatable bonds is 7. The van der Waals surface area contributed by atoms with E-state index < -0.39 is 10.0 Å². The molecule has 4 nitrogen and oxygen atoms in total. The molecule has 0 spiro atoms. The van der Waals surface area contributed by atoms with Gasteiger partial charge in [-0.2, -0.15) is 0 Å². The van der Waals surface area contributed by atoms with E-state index in [0.29, 0.717) is 11.4 Å². The quantitative estimate of drug-likeness (QED) is 0.851. The van der Waals surface area contributed by atoms with Crippen LogP contribution in [-0.2, 0) is 16.4 Å². The molecule has 0 unspecified atom stereocenters.